The van der Waals surface area contributed by atoms with Crippen molar-refractivity contribution < 1.29 is 9.13 Å². The van der Waals surface area contributed by atoms with E-state index in [2.05, 4.69) is 29.2 Å². The van der Waals surface area contributed by atoms with Crippen LogP contribution in [0, 0.1) is 5.82 Å². The van der Waals surface area contributed by atoms with Crippen molar-refractivity contribution in [2.24, 2.45) is 0 Å². The molecule has 0 amide bonds. The van der Waals surface area contributed by atoms with Crippen LogP contribution in [0.2, 0.25) is 0 Å². The van der Waals surface area contributed by atoms with E-state index in [-0.39, 0.29) is 11.9 Å². The third-order valence-corrected chi connectivity index (χ3v) is 3.62. The molecule has 104 valence electrons. The van der Waals surface area contributed by atoms with E-state index >= 15 is 0 Å². The van der Waals surface area contributed by atoms with E-state index in [1.165, 1.54) is 11.6 Å². The minimum Gasteiger partial charge on any atom is -0.371 e. The summed E-state index contributed by atoms with van der Waals surface area (Å²) in [6.45, 7) is 3.32. The van der Waals surface area contributed by atoms with Crippen molar-refractivity contribution in [1.29, 1.82) is 0 Å². The topological polar surface area (TPSA) is 12.5 Å². The number of morpholine rings is 1. The van der Waals surface area contributed by atoms with E-state index in [0.29, 0.717) is 6.61 Å². The van der Waals surface area contributed by atoms with Gasteiger partial charge in [-0.1, -0.05) is 42.5 Å². The average Bonchev–Trinajstić information content (AvgIpc) is 2.49. The molecule has 1 heterocycles. The zero-order valence-corrected chi connectivity index (χ0v) is 11.3. The van der Waals surface area contributed by atoms with Crippen LogP contribution in [0.15, 0.2) is 54.6 Å². The summed E-state index contributed by atoms with van der Waals surface area (Å²) in [5.74, 6) is -0.203. The lowest BCUT2D eigenvalue weighted by Crippen LogP contribution is -2.37. The number of halogens is 1. The number of rotatable bonds is 3. The Morgan fingerprint density at radius 3 is 2.75 bits per heavy atom. The second-order valence-corrected chi connectivity index (χ2v) is 5.14. The summed E-state index contributed by atoms with van der Waals surface area (Å²) in [4.78, 5) is 2.36. The van der Waals surface area contributed by atoms with Crippen molar-refractivity contribution in [3.63, 3.8) is 0 Å². The maximum atomic E-state index is 13.3. The highest BCUT2D eigenvalue weighted by molar-refractivity contribution is 5.20. The molecule has 0 saturated carbocycles. The van der Waals surface area contributed by atoms with Crippen LogP contribution in [-0.4, -0.2) is 24.6 Å². The number of ether oxygens (including phenoxy) is 1. The maximum absolute atomic E-state index is 13.3. The highest BCUT2D eigenvalue weighted by atomic mass is 19.1. The molecule has 2 nitrogen and oxygen atoms in total. The molecule has 0 bridgehead atoms. The Morgan fingerprint density at radius 1 is 1.10 bits per heavy atom. The van der Waals surface area contributed by atoms with Crippen LogP contribution in [0.4, 0.5) is 4.39 Å². The molecule has 20 heavy (non-hydrogen) atoms. The summed E-state index contributed by atoms with van der Waals surface area (Å²) in [5.41, 5.74) is 2.22. The Kier molecular flexibility index (Phi) is 4.09. The summed E-state index contributed by atoms with van der Waals surface area (Å²) < 4.78 is 19.1. The summed E-state index contributed by atoms with van der Waals surface area (Å²) >= 11 is 0. The zero-order valence-electron chi connectivity index (χ0n) is 11.3. The van der Waals surface area contributed by atoms with Crippen LogP contribution in [-0.2, 0) is 11.3 Å². The second-order valence-electron chi connectivity index (χ2n) is 5.14. The lowest BCUT2D eigenvalue weighted by atomic mass is 10.1. The van der Waals surface area contributed by atoms with Gasteiger partial charge in [0.2, 0.25) is 0 Å². The quantitative estimate of drug-likeness (QED) is 0.848. The summed E-state index contributed by atoms with van der Waals surface area (Å²) in [6, 6.07) is 17.1. The first kappa shape index (κ1) is 13.3. The number of benzene rings is 2. The first-order valence-corrected chi connectivity index (χ1v) is 6.94. The van der Waals surface area contributed by atoms with Crippen LogP contribution >= 0.6 is 0 Å². The van der Waals surface area contributed by atoms with Gasteiger partial charge in [0.05, 0.1) is 12.7 Å². The Hall–Kier alpha value is -1.71. The smallest absolute Gasteiger partial charge is 0.123 e. The van der Waals surface area contributed by atoms with Gasteiger partial charge in [-0.25, -0.2) is 4.39 Å². The molecule has 0 spiro atoms. The third-order valence-electron chi connectivity index (χ3n) is 3.62. The fraction of sp³-hybridized carbons (Fsp3) is 0.294. The van der Waals surface area contributed by atoms with Gasteiger partial charge in [0.1, 0.15) is 5.82 Å². The zero-order chi connectivity index (χ0) is 13.8. The van der Waals surface area contributed by atoms with Crippen LogP contribution in [0.25, 0.3) is 0 Å². The third kappa shape index (κ3) is 3.24. The Balaban J connectivity index is 1.67. The summed E-state index contributed by atoms with van der Waals surface area (Å²) in [6.07, 6.45) is -0.0387. The molecule has 0 aromatic heterocycles. The highest BCUT2D eigenvalue weighted by Crippen LogP contribution is 2.23. The van der Waals surface area contributed by atoms with Crippen molar-refractivity contribution in [1.82, 2.24) is 4.90 Å². The normalized spacial score (nSPS) is 19.9. The van der Waals surface area contributed by atoms with Crippen molar-refractivity contribution in [2.75, 3.05) is 19.7 Å². The highest BCUT2D eigenvalue weighted by Gasteiger charge is 2.22. The fourth-order valence-electron chi connectivity index (χ4n) is 2.60. The van der Waals surface area contributed by atoms with E-state index < -0.39 is 0 Å². The lowest BCUT2D eigenvalue weighted by molar-refractivity contribution is -0.0330. The van der Waals surface area contributed by atoms with Gasteiger partial charge in [0.15, 0.2) is 0 Å². The number of hydrogen-bond donors (Lipinski definition) is 0. The molecule has 0 N–H and O–H groups in total. The fourth-order valence-corrected chi connectivity index (χ4v) is 2.60. The first-order valence-electron chi connectivity index (χ1n) is 6.94. The second kappa shape index (κ2) is 6.16. The van der Waals surface area contributed by atoms with Gasteiger partial charge in [-0.2, -0.15) is 0 Å². The Morgan fingerprint density at radius 2 is 1.95 bits per heavy atom. The van der Waals surface area contributed by atoms with E-state index in [1.54, 1.807) is 12.1 Å². The predicted octanol–water partition coefficient (Wildman–Crippen LogP) is 3.40. The average molecular weight is 271 g/mol. The Bertz CT molecular complexity index is 558. The predicted molar refractivity (Wildman–Crippen MR) is 76.8 cm³/mol. The number of nitrogens with zero attached hydrogens (tertiary/aromatic N) is 1. The molecular weight excluding hydrogens is 253 g/mol. The molecule has 1 aliphatic heterocycles. The monoisotopic (exact) mass is 271 g/mol. The van der Waals surface area contributed by atoms with Gasteiger partial charge in [-0.15, -0.1) is 0 Å². The minimum absolute atomic E-state index is 0.0387. The van der Waals surface area contributed by atoms with E-state index in [9.17, 15) is 4.39 Å². The standard InChI is InChI=1S/C17H18FNO/c18-16-8-4-7-15(11-16)17-13-19(9-10-20-17)12-14-5-2-1-3-6-14/h1-8,11,17H,9-10,12-13H2/t17-/m0/s1. The molecule has 1 saturated heterocycles. The van der Waals surface area contributed by atoms with Crippen molar-refractivity contribution in [2.45, 2.75) is 12.6 Å². The summed E-state index contributed by atoms with van der Waals surface area (Å²) in [5, 5.41) is 0. The molecule has 1 fully saturated rings. The molecule has 1 aliphatic rings. The van der Waals surface area contributed by atoms with Gasteiger partial charge in [-0.05, 0) is 23.3 Å². The van der Waals surface area contributed by atoms with Crippen molar-refractivity contribution in [3.05, 3.63) is 71.5 Å². The van der Waals surface area contributed by atoms with Gasteiger partial charge < -0.3 is 4.74 Å². The van der Waals surface area contributed by atoms with E-state index in [0.717, 1.165) is 25.2 Å². The van der Waals surface area contributed by atoms with Gasteiger partial charge in [0.25, 0.3) is 0 Å². The molecule has 3 heteroatoms. The van der Waals surface area contributed by atoms with Gasteiger partial charge >= 0.3 is 0 Å². The minimum atomic E-state index is -0.203. The molecule has 0 radical (unpaired) electrons. The van der Waals surface area contributed by atoms with Crippen LogP contribution in [0.5, 0.6) is 0 Å². The van der Waals surface area contributed by atoms with Crippen molar-refractivity contribution in [3.8, 4) is 0 Å². The SMILES string of the molecule is Fc1cccc([C@@H]2CN(Cc3ccccc3)CCO2)c1. The van der Waals surface area contributed by atoms with Crippen molar-refractivity contribution >= 4 is 0 Å². The molecule has 0 aliphatic carbocycles. The maximum Gasteiger partial charge on any atom is 0.123 e. The summed E-state index contributed by atoms with van der Waals surface area (Å²) in [7, 11) is 0. The van der Waals surface area contributed by atoms with E-state index in [1.807, 2.05) is 12.1 Å². The van der Waals surface area contributed by atoms with Gasteiger partial charge in [-0.3, -0.25) is 4.90 Å². The van der Waals surface area contributed by atoms with Crippen LogP contribution in [0.3, 0.4) is 0 Å². The molecule has 3 rings (SSSR count). The first-order chi connectivity index (χ1) is 9.81. The molecule has 2 aromatic rings. The van der Waals surface area contributed by atoms with Crippen LogP contribution < -0.4 is 0 Å². The largest absolute Gasteiger partial charge is 0.371 e. The molecule has 0 unspecified atom stereocenters. The molecular formula is C17H18FNO. The van der Waals surface area contributed by atoms with Crippen LogP contribution in [0.1, 0.15) is 17.2 Å². The van der Waals surface area contributed by atoms with Gasteiger partial charge in [0, 0.05) is 19.6 Å². The molecule has 1 atom stereocenters. The Labute approximate surface area is 118 Å². The number of hydrogen-bond acceptors (Lipinski definition) is 2. The van der Waals surface area contributed by atoms with E-state index in [4.69, 9.17) is 4.74 Å². The lowest BCUT2D eigenvalue weighted by Gasteiger charge is -2.33. The molecule has 2 aromatic carbocycles.